The van der Waals surface area contributed by atoms with Gasteiger partial charge in [0.15, 0.2) is 5.13 Å². The molecule has 1 amide bonds. The van der Waals surface area contributed by atoms with E-state index in [0.717, 1.165) is 45.2 Å². The van der Waals surface area contributed by atoms with Crippen molar-refractivity contribution >= 4 is 22.4 Å². The summed E-state index contributed by atoms with van der Waals surface area (Å²) < 4.78 is 0. The SMILES string of the molecule is Nc1nc2c(s1)CC(CNC(=O)[C@@H]1CCCN1)CC2. The van der Waals surface area contributed by atoms with E-state index in [4.69, 9.17) is 5.73 Å². The van der Waals surface area contributed by atoms with Gasteiger partial charge in [-0.25, -0.2) is 4.98 Å². The molecule has 0 radical (unpaired) electrons. The lowest BCUT2D eigenvalue weighted by molar-refractivity contribution is -0.123. The first-order valence-electron chi connectivity index (χ1n) is 6.97. The average Bonchev–Trinajstić information content (AvgIpc) is 3.03. The monoisotopic (exact) mass is 280 g/mol. The second-order valence-corrected chi connectivity index (χ2v) is 6.54. The third kappa shape index (κ3) is 2.90. The molecule has 5 nitrogen and oxygen atoms in total. The Bertz CT molecular complexity index is 467. The predicted octanol–water partition coefficient (Wildman–Crippen LogP) is 0.698. The minimum absolute atomic E-state index is 0.0261. The highest BCUT2D eigenvalue weighted by Crippen LogP contribution is 2.30. The molecule has 0 spiro atoms. The fourth-order valence-corrected chi connectivity index (χ4v) is 3.91. The number of thiazole rings is 1. The number of nitrogens with one attached hydrogen (secondary N) is 2. The summed E-state index contributed by atoms with van der Waals surface area (Å²) in [7, 11) is 0. The first kappa shape index (κ1) is 12.9. The number of hydrogen-bond acceptors (Lipinski definition) is 5. The summed E-state index contributed by atoms with van der Waals surface area (Å²) in [6.07, 6.45) is 5.15. The zero-order valence-corrected chi connectivity index (χ0v) is 11.8. The number of carbonyl (C=O) groups excluding carboxylic acids is 1. The molecule has 1 aromatic heterocycles. The maximum Gasteiger partial charge on any atom is 0.237 e. The number of amides is 1. The summed E-state index contributed by atoms with van der Waals surface area (Å²) >= 11 is 1.60. The normalized spacial score (nSPS) is 26.1. The fourth-order valence-electron chi connectivity index (χ4n) is 2.91. The van der Waals surface area contributed by atoms with Crippen LogP contribution in [0.3, 0.4) is 0 Å². The van der Waals surface area contributed by atoms with Crippen LogP contribution in [-0.2, 0) is 17.6 Å². The molecule has 1 aliphatic heterocycles. The third-order valence-corrected chi connectivity index (χ3v) is 4.95. The molecule has 0 saturated carbocycles. The van der Waals surface area contributed by atoms with E-state index in [-0.39, 0.29) is 11.9 Å². The number of nitrogen functional groups attached to an aromatic ring is 1. The minimum atomic E-state index is 0.0261. The smallest absolute Gasteiger partial charge is 0.237 e. The van der Waals surface area contributed by atoms with Crippen LogP contribution in [-0.4, -0.2) is 30.0 Å². The van der Waals surface area contributed by atoms with Crippen molar-refractivity contribution in [3.8, 4) is 0 Å². The predicted molar refractivity (Wildman–Crippen MR) is 76.1 cm³/mol. The molecule has 104 valence electrons. The van der Waals surface area contributed by atoms with Crippen LogP contribution in [0.15, 0.2) is 0 Å². The summed E-state index contributed by atoms with van der Waals surface area (Å²) in [6, 6.07) is 0.0261. The molecule has 1 saturated heterocycles. The average molecular weight is 280 g/mol. The van der Waals surface area contributed by atoms with Crippen molar-refractivity contribution in [3.63, 3.8) is 0 Å². The van der Waals surface area contributed by atoms with Crippen LogP contribution >= 0.6 is 11.3 Å². The standard InChI is InChI=1S/C13H20N4OS/c14-13-17-9-4-3-8(6-11(9)19-13)7-16-12(18)10-2-1-5-15-10/h8,10,15H,1-7H2,(H2,14,17)(H,16,18)/t8?,10-/m0/s1. The van der Waals surface area contributed by atoms with Gasteiger partial charge in [0.2, 0.25) is 5.91 Å². The second kappa shape index (κ2) is 5.46. The highest BCUT2D eigenvalue weighted by Gasteiger charge is 2.25. The summed E-state index contributed by atoms with van der Waals surface area (Å²) in [5, 5.41) is 6.98. The Balaban J connectivity index is 1.50. The van der Waals surface area contributed by atoms with Gasteiger partial charge in [-0.3, -0.25) is 4.79 Å². The van der Waals surface area contributed by atoms with Crippen LogP contribution in [0.4, 0.5) is 5.13 Å². The molecule has 2 heterocycles. The van der Waals surface area contributed by atoms with Crippen LogP contribution in [0.25, 0.3) is 0 Å². The molecular weight excluding hydrogens is 260 g/mol. The van der Waals surface area contributed by atoms with E-state index in [2.05, 4.69) is 15.6 Å². The lowest BCUT2D eigenvalue weighted by Gasteiger charge is -2.22. The number of aromatic nitrogens is 1. The first-order chi connectivity index (χ1) is 9.22. The Labute approximate surface area is 117 Å². The van der Waals surface area contributed by atoms with Crippen LogP contribution in [0.2, 0.25) is 0 Å². The number of carbonyl (C=O) groups is 1. The third-order valence-electron chi connectivity index (χ3n) is 4.00. The van der Waals surface area contributed by atoms with Gasteiger partial charge in [0.25, 0.3) is 0 Å². The summed E-state index contributed by atoms with van der Waals surface area (Å²) in [5.41, 5.74) is 6.91. The molecule has 1 fully saturated rings. The van der Waals surface area contributed by atoms with Gasteiger partial charge in [0.05, 0.1) is 11.7 Å². The maximum atomic E-state index is 11.9. The fraction of sp³-hybridized carbons (Fsp3) is 0.692. The number of rotatable bonds is 3. The van der Waals surface area contributed by atoms with E-state index < -0.39 is 0 Å². The summed E-state index contributed by atoms with van der Waals surface area (Å²) in [6.45, 7) is 1.74. The van der Waals surface area contributed by atoms with Gasteiger partial charge in [0, 0.05) is 11.4 Å². The van der Waals surface area contributed by atoms with E-state index in [1.807, 2.05) is 0 Å². The molecule has 0 bridgehead atoms. The largest absolute Gasteiger partial charge is 0.375 e. The van der Waals surface area contributed by atoms with E-state index in [1.54, 1.807) is 11.3 Å². The molecule has 0 aromatic carbocycles. The molecule has 1 aromatic rings. The van der Waals surface area contributed by atoms with Gasteiger partial charge in [-0.15, -0.1) is 11.3 Å². The van der Waals surface area contributed by atoms with Crippen LogP contribution < -0.4 is 16.4 Å². The Morgan fingerprint density at radius 2 is 2.42 bits per heavy atom. The summed E-state index contributed by atoms with van der Waals surface area (Å²) in [5.74, 6) is 0.685. The molecule has 2 atom stereocenters. The van der Waals surface area contributed by atoms with Gasteiger partial charge in [-0.05, 0) is 44.6 Å². The van der Waals surface area contributed by atoms with Crippen LogP contribution in [0.5, 0.6) is 0 Å². The summed E-state index contributed by atoms with van der Waals surface area (Å²) in [4.78, 5) is 17.6. The van der Waals surface area contributed by atoms with E-state index in [0.29, 0.717) is 11.0 Å². The van der Waals surface area contributed by atoms with Gasteiger partial charge >= 0.3 is 0 Å². The van der Waals surface area contributed by atoms with Crippen molar-refractivity contribution in [2.75, 3.05) is 18.8 Å². The zero-order valence-electron chi connectivity index (χ0n) is 10.9. The van der Waals surface area contributed by atoms with E-state index in [1.165, 1.54) is 10.6 Å². The highest BCUT2D eigenvalue weighted by atomic mass is 32.1. The molecule has 4 N–H and O–H groups in total. The van der Waals surface area contributed by atoms with Gasteiger partial charge in [0.1, 0.15) is 0 Å². The molecular formula is C13H20N4OS. The lowest BCUT2D eigenvalue weighted by Crippen LogP contribution is -2.42. The van der Waals surface area contributed by atoms with Crippen molar-refractivity contribution in [1.29, 1.82) is 0 Å². The van der Waals surface area contributed by atoms with Gasteiger partial charge < -0.3 is 16.4 Å². The molecule has 2 aliphatic rings. The van der Waals surface area contributed by atoms with E-state index in [9.17, 15) is 4.79 Å². The second-order valence-electron chi connectivity index (χ2n) is 5.42. The lowest BCUT2D eigenvalue weighted by atomic mass is 9.91. The van der Waals surface area contributed by atoms with Crippen molar-refractivity contribution in [2.24, 2.45) is 5.92 Å². The molecule has 19 heavy (non-hydrogen) atoms. The molecule has 1 aliphatic carbocycles. The maximum absolute atomic E-state index is 11.9. The molecule has 3 rings (SSSR count). The van der Waals surface area contributed by atoms with Gasteiger partial charge in [-0.1, -0.05) is 0 Å². The quantitative estimate of drug-likeness (QED) is 0.761. The first-order valence-corrected chi connectivity index (χ1v) is 7.79. The highest BCUT2D eigenvalue weighted by molar-refractivity contribution is 7.15. The van der Waals surface area contributed by atoms with Crippen molar-refractivity contribution < 1.29 is 4.79 Å². The van der Waals surface area contributed by atoms with Crippen LogP contribution in [0.1, 0.15) is 29.8 Å². The Morgan fingerprint density at radius 3 is 3.21 bits per heavy atom. The van der Waals surface area contributed by atoms with Crippen molar-refractivity contribution in [3.05, 3.63) is 10.6 Å². The minimum Gasteiger partial charge on any atom is -0.375 e. The van der Waals surface area contributed by atoms with E-state index >= 15 is 0 Å². The number of nitrogens with zero attached hydrogens (tertiary/aromatic N) is 1. The van der Waals surface area contributed by atoms with Gasteiger partial charge in [-0.2, -0.15) is 0 Å². The zero-order chi connectivity index (χ0) is 13.2. The number of anilines is 1. The number of hydrogen-bond donors (Lipinski definition) is 3. The molecule has 1 unspecified atom stereocenters. The van der Waals surface area contributed by atoms with Crippen molar-refractivity contribution in [1.82, 2.24) is 15.6 Å². The number of nitrogens with two attached hydrogens (primary N) is 1. The Hall–Kier alpha value is -1.14. The van der Waals surface area contributed by atoms with Crippen molar-refractivity contribution in [2.45, 2.75) is 38.1 Å². The number of fused-ring (bicyclic) bond motifs is 1. The Kier molecular flexibility index (Phi) is 3.70. The topological polar surface area (TPSA) is 80.0 Å². The van der Waals surface area contributed by atoms with Crippen LogP contribution in [0, 0.1) is 5.92 Å². The molecule has 6 heteroatoms. The number of aryl methyl sites for hydroxylation is 1. The Morgan fingerprint density at radius 1 is 1.53 bits per heavy atom.